The van der Waals surface area contributed by atoms with Crippen molar-refractivity contribution in [1.29, 1.82) is 0 Å². The molecular formula is C13H28N2. The van der Waals surface area contributed by atoms with E-state index in [9.17, 15) is 0 Å². The molecule has 0 unspecified atom stereocenters. The predicted octanol–water partition coefficient (Wildman–Crippen LogP) is 2.63. The van der Waals surface area contributed by atoms with Crippen molar-refractivity contribution in [3.8, 4) is 0 Å². The molecule has 1 aliphatic heterocycles. The van der Waals surface area contributed by atoms with Gasteiger partial charge in [0.2, 0.25) is 0 Å². The van der Waals surface area contributed by atoms with Gasteiger partial charge in [-0.1, -0.05) is 33.1 Å². The second kappa shape index (κ2) is 7.24. The highest BCUT2D eigenvalue weighted by atomic mass is 15.1. The van der Waals surface area contributed by atoms with Gasteiger partial charge in [-0.2, -0.15) is 0 Å². The van der Waals surface area contributed by atoms with Crippen LogP contribution >= 0.6 is 0 Å². The van der Waals surface area contributed by atoms with Crippen LogP contribution in [0.4, 0.5) is 0 Å². The predicted molar refractivity (Wildman–Crippen MR) is 67.0 cm³/mol. The minimum atomic E-state index is 0.379. The number of nitrogens with zero attached hydrogens (tertiary/aromatic N) is 1. The maximum absolute atomic E-state index is 6.15. The van der Waals surface area contributed by atoms with Crippen molar-refractivity contribution in [2.75, 3.05) is 19.6 Å². The highest BCUT2D eigenvalue weighted by molar-refractivity contribution is 4.71. The molecule has 1 saturated heterocycles. The molecule has 0 bridgehead atoms. The van der Waals surface area contributed by atoms with E-state index in [4.69, 9.17) is 5.73 Å². The largest absolute Gasteiger partial charge is 0.327 e. The molecule has 0 aromatic heterocycles. The summed E-state index contributed by atoms with van der Waals surface area (Å²) in [4.78, 5) is 2.58. The van der Waals surface area contributed by atoms with Crippen molar-refractivity contribution in [2.24, 2.45) is 11.7 Å². The van der Waals surface area contributed by atoms with Crippen molar-refractivity contribution in [1.82, 2.24) is 4.90 Å². The van der Waals surface area contributed by atoms with Gasteiger partial charge in [0, 0.05) is 12.6 Å². The van der Waals surface area contributed by atoms with Crippen LogP contribution in [-0.4, -0.2) is 30.6 Å². The Balaban J connectivity index is 2.21. The van der Waals surface area contributed by atoms with Crippen LogP contribution in [-0.2, 0) is 0 Å². The normalized spacial score (nSPS) is 22.4. The summed E-state index contributed by atoms with van der Waals surface area (Å²) in [5.74, 6) is 0.731. The second-order valence-corrected chi connectivity index (χ2v) is 5.46. The Kier molecular flexibility index (Phi) is 6.26. The van der Waals surface area contributed by atoms with Crippen LogP contribution in [0.5, 0.6) is 0 Å². The highest BCUT2D eigenvalue weighted by Gasteiger charge is 2.12. The molecule has 0 aromatic rings. The maximum Gasteiger partial charge on any atom is 0.0170 e. The lowest BCUT2D eigenvalue weighted by Crippen LogP contribution is -2.39. The maximum atomic E-state index is 6.15. The van der Waals surface area contributed by atoms with Gasteiger partial charge in [-0.15, -0.1) is 0 Å². The molecule has 1 heterocycles. The Hall–Kier alpha value is -0.0800. The summed E-state index contributed by atoms with van der Waals surface area (Å²) in [6.45, 7) is 8.16. The SMILES string of the molecule is CC(C)C[C@@H](N)CN1CCCCCCC1. The molecule has 0 amide bonds. The molecule has 0 saturated carbocycles. The first-order valence-corrected chi connectivity index (χ1v) is 6.66. The molecule has 1 atom stereocenters. The van der Waals surface area contributed by atoms with E-state index in [1.807, 2.05) is 0 Å². The average molecular weight is 212 g/mol. The molecule has 90 valence electrons. The fourth-order valence-electron chi connectivity index (χ4n) is 2.51. The van der Waals surface area contributed by atoms with Crippen molar-refractivity contribution in [3.05, 3.63) is 0 Å². The first-order chi connectivity index (χ1) is 7.18. The summed E-state index contributed by atoms with van der Waals surface area (Å²) in [6, 6.07) is 0.379. The lowest BCUT2D eigenvalue weighted by Gasteiger charge is -2.27. The van der Waals surface area contributed by atoms with Crippen LogP contribution in [0.2, 0.25) is 0 Å². The quantitative estimate of drug-likeness (QED) is 0.776. The molecule has 15 heavy (non-hydrogen) atoms. The Morgan fingerprint density at radius 3 is 2.07 bits per heavy atom. The standard InChI is InChI=1S/C13H28N2/c1-12(2)10-13(14)11-15-8-6-4-3-5-7-9-15/h12-13H,3-11,14H2,1-2H3/t13-/m1/s1. The average Bonchev–Trinajstić information content (AvgIpc) is 2.08. The van der Waals surface area contributed by atoms with Crippen LogP contribution in [0.15, 0.2) is 0 Å². The fraction of sp³-hybridized carbons (Fsp3) is 1.00. The molecule has 2 N–H and O–H groups in total. The van der Waals surface area contributed by atoms with Crippen molar-refractivity contribution in [3.63, 3.8) is 0 Å². The summed E-state index contributed by atoms with van der Waals surface area (Å²) < 4.78 is 0. The van der Waals surface area contributed by atoms with Crippen LogP contribution in [0.25, 0.3) is 0 Å². The van der Waals surface area contributed by atoms with Gasteiger partial charge in [-0.05, 0) is 38.3 Å². The van der Waals surface area contributed by atoms with Crippen LogP contribution in [0.1, 0.15) is 52.4 Å². The molecule has 1 fully saturated rings. The summed E-state index contributed by atoms with van der Waals surface area (Å²) in [6.07, 6.45) is 8.16. The Bertz CT molecular complexity index is 149. The molecule has 0 radical (unpaired) electrons. The van der Waals surface area contributed by atoms with E-state index in [0.29, 0.717) is 6.04 Å². The molecule has 1 aliphatic rings. The van der Waals surface area contributed by atoms with Gasteiger partial charge in [0.15, 0.2) is 0 Å². The van der Waals surface area contributed by atoms with E-state index in [1.165, 1.54) is 45.2 Å². The zero-order chi connectivity index (χ0) is 11.1. The van der Waals surface area contributed by atoms with Crippen LogP contribution in [0.3, 0.4) is 0 Å². The Morgan fingerprint density at radius 2 is 1.53 bits per heavy atom. The van der Waals surface area contributed by atoms with Crippen molar-refractivity contribution in [2.45, 2.75) is 58.4 Å². The van der Waals surface area contributed by atoms with E-state index in [0.717, 1.165) is 18.9 Å². The molecule has 0 aromatic carbocycles. The Labute approximate surface area is 95.2 Å². The van der Waals surface area contributed by atoms with E-state index in [1.54, 1.807) is 0 Å². The first-order valence-electron chi connectivity index (χ1n) is 6.66. The second-order valence-electron chi connectivity index (χ2n) is 5.46. The van der Waals surface area contributed by atoms with Gasteiger partial charge in [0.25, 0.3) is 0 Å². The fourth-order valence-corrected chi connectivity index (χ4v) is 2.51. The lowest BCUT2D eigenvalue weighted by atomic mass is 10.0. The minimum absolute atomic E-state index is 0.379. The molecule has 2 heteroatoms. The van der Waals surface area contributed by atoms with Gasteiger partial charge in [0.1, 0.15) is 0 Å². The third-order valence-electron chi connectivity index (χ3n) is 3.22. The molecule has 1 rings (SSSR count). The summed E-state index contributed by atoms with van der Waals surface area (Å²) in [5, 5.41) is 0. The van der Waals surface area contributed by atoms with Gasteiger partial charge in [-0.25, -0.2) is 0 Å². The number of nitrogens with two attached hydrogens (primary N) is 1. The summed E-state index contributed by atoms with van der Waals surface area (Å²) in [7, 11) is 0. The van der Waals surface area contributed by atoms with E-state index in [2.05, 4.69) is 18.7 Å². The topological polar surface area (TPSA) is 29.3 Å². The van der Waals surface area contributed by atoms with E-state index >= 15 is 0 Å². The van der Waals surface area contributed by atoms with Gasteiger partial charge in [0.05, 0.1) is 0 Å². The van der Waals surface area contributed by atoms with Crippen LogP contribution in [0, 0.1) is 5.92 Å². The van der Waals surface area contributed by atoms with Crippen LogP contribution < -0.4 is 5.73 Å². The zero-order valence-corrected chi connectivity index (χ0v) is 10.5. The number of hydrogen-bond acceptors (Lipinski definition) is 2. The molecule has 0 aliphatic carbocycles. The van der Waals surface area contributed by atoms with Gasteiger partial charge < -0.3 is 10.6 Å². The summed E-state index contributed by atoms with van der Waals surface area (Å²) in [5.41, 5.74) is 6.15. The zero-order valence-electron chi connectivity index (χ0n) is 10.5. The summed E-state index contributed by atoms with van der Waals surface area (Å²) >= 11 is 0. The Morgan fingerprint density at radius 1 is 1.00 bits per heavy atom. The minimum Gasteiger partial charge on any atom is -0.327 e. The van der Waals surface area contributed by atoms with Crippen molar-refractivity contribution >= 4 is 0 Å². The monoisotopic (exact) mass is 212 g/mol. The van der Waals surface area contributed by atoms with Crippen molar-refractivity contribution < 1.29 is 0 Å². The smallest absolute Gasteiger partial charge is 0.0170 e. The van der Waals surface area contributed by atoms with E-state index < -0.39 is 0 Å². The third-order valence-corrected chi connectivity index (χ3v) is 3.22. The lowest BCUT2D eigenvalue weighted by molar-refractivity contribution is 0.225. The van der Waals surface area contributed by atoms with Gasteiger partial charge in [-0.3, -0.25) is 0 Å². The molecular weight excluding hydrogens is 184 g/mol. The van der Waals surface area contributed by atoms with E-state index in [-0.39, 0.29) is 0 Å². The third kappa shape index (κ3) is 6.16. The highest BCUT2D eigenvalue weighted by Crippen LogP contribution is 2.12. The number of likely N-dealkylation sites (tertiary alicyclic amines) is 1. The number of rotatable bonds is 4. The molecule has 0 spiro atoms. The first kappa shape index (κ1) is 13.0. The van der Waals surface area contributed by atoms with Gasteiger partial charge >= 0.3 is 0 Å². The number of hydrogen-bond donors (Lipinski definition) is 1. The molecule has 2 nitrogen and oxygen atoms in total.